The van der Waals surface area contributed by atoms with Gasteiger partial charge in [-0.25, -0.2) is 0 Å². The molecule has 0 spiro atoms. The lowest BCUT2D eigenvalue weighted by Gasteiger charge is -2.11. The Balaban J connectivity index is 0.00000324. The topological polar surface area (TPSA) is 84.2 Å². The lowest BCUT2D eigenvalue weighted by molar-refractivity contribution is -0.116. The fourth-order valence-corrected chi connectivity index (χ4v) is 1.43. The van der Waals surface area contributed by atoms with Crippen molar-refractivity contribution in [1.82, 2.24) is 0 Å². The second-order valence-corrected chi connectivity index (χ2v) is 4.02. The first-order valence-electron chi connectivity index (χ1n) is 5.97. The zero-order valence-corrected chi connectivity index (χ0v) is 12.0. The highest BCUT2D eigenvalue weighted by Crippen LogP contribution is 2.20. The van der Waals surface area contributed by atoms with E-state index in [0.717, 1.165) is 5.56 Å². The third-order valence-electron chi connectivity index (χ3n) is 2.49. The summed E-state index contributed by atoms with van der Waals surface area (Å²) in [5.41, 5.74) is 7.63. The molecule has 1 aromatic rings. The van der Waals surface area contributed by atoms with Crippen LogP contribution < -0.4 is 16.4 Å². The molecule has 0 radical (unpaired) electrons. The van der Waals surface area contributed by atoms with Gasteiger partial charge in [0.2, 0.25) is 11.8 Å². The van der Waals surface area contributed by atoms with Crippen molar-refractivity contribution in [1.29, 1.82) is 0 Å². The van der Waals surface area contributed by atoms with Crippen molar-refractivity contribution in [3.8, 4) is 0 Å². The summed E-state index contributed by atoms with van der Waals surface area (Å²) in [6.45, 7) is 3.99. The quantitative estimate of drug-likeness (QED) is 0.774. The molecule has 0 saturated carbocycles. The van der Waals surface area contributed by atoms with Crippen LogP contribution in [0, 0.1) is 6.92 Å². The fourth-order valence-electron chi connectivity index (χ4n) is 1.43. The summed E-state index contributed by atoms with van der Waals surface area (Å²) in [5.74, 6) is -0.183. The molecule has 0 atom stereocenters. The normalized spacial score (nSPS) is 9.42. The second kappa shape index (κ2) is 8.50. The first kappa shape index (κ1) is 17.4. The summed E-state index contributed by atoms with van der Waals surface area (Å²) in [6, 6.07) is 5.40. The largest absolute Gasteiger partial charge is 0.330 e. The van der Waals surface area contributed by atoms with Crippen molar-refractivity contribution in [2.75, 3.05) is 17.2 Å². The number of rotatable bonds is 5. The van der Waals surface area contributed by atoms with E-state index in [2.05, 4.69) is 10.6 Å². The molecule has 0 aromatic heterocycles. The first-order valence-corrected chi connectivity index (χ1v) is 5.97. The van der Waals surface area contributed by atoms with Crippen LogP contribution in [0.1, 0.15) is 25.3 Å². The van der Waals surface area contributed by atoms with Crippen LogP contribution in [0.3, 0.4) is 0 Å². The molecule has 1 rings (SSSR count). The molecule has 2 amide bonds. The number of hydrogen-bond acceptors (Lipinski definition) is 3. The van der Waals surface area contributed by atoms with Crippen molar-refractivity contribution in [3.63, 3.8) is 0 Å². The molecule has 0 unspecified atom stereocenters. The van der Waals surface area contributed by atoms with Crippen molar-refractivity contribution in [2.24, 2.45) is 5.73 Å². The van der Waals surface area contributed by atoms with Gasteiger partial charge in [-0.3, -0.25) is 9.59 Å². The molecule has 0 fully saturated rings. The SMILES string of the molecule is CCC(=O)Nc1ccc(C)c(NC(=O)CCN)c1.Cl. The number of nitrogens with one attached hydrogen (secondary N) is 2. The van der Waals surface area contributed by atoms with E-state index in [1.165, 1.54) is 0 Å². The smallest absolute Gasteiger partial charge is 0.225 e. The van der Waals surface area contributed by atoms with Gasteiger partial charge in [-0.2, -0.15) is 0 Å². The second-order valence-electron chi connectivity index (χ2n) is 4.02. The maximum absolute atomic E-state index is 11.5. The van der Waals surface area contributed by atoms with Crippen LogP contribution in [-0.4, -0.2) is 18.4 Å². The van der Waals surface area contributed by atoms with Crippen LogP contribution in [0.25, 0.3) is 0 Å². The molecule has 106 valence electrons. The number of carbonyl (C=O) groups excluding carboxylic acids is 2. The molecular formula is C13H20ClN3O2. The summed E-state index contributed by atoms with van der Waals surface area (Å²) < 4.78 is 0. The number of aryl methyl sites for hydroxylation is 1. The average Bonchev–Trinajstić information content (AvgIpc) is 2.33. The number of nitrogens with two attached hydrogens (primary N) is 1. The summed E-state index contributed by atoms with van der Waals surface area (Å²) in [7, 11) is 0. The number of carbonyl (C=O) groups is 2. The Morgan fingerprint density at radius 3 is 2.47 bits per heavy atom. The standard InChI is InChI=1S/C13H19N3O2.ClH/c1-3-12(17)15-10-5-4-9(2)11(8-10)16-13(18)6-7-14;/h4-5,8H,3,6-7,14H2,1-2H3,(H,15,17)(H,16,18);1H. The van der Waals surface area contributed by atoms with Gasteiger partial charge in [0.1, 0.15) is 0 Å². The predicted octanol–water partition coefficient (Wildman–Crippen LogP) is 2.05. The number of amides is 2. The van der Waals surface area contributed by atoms with Crippen molar-refractivity contribution in [3.05, 3.63) is 23.8 Å². The van der Waals surface area contributed by atoms with Gasteiger partial charge in [-0.15, -0.1) is 12.4 Å². The highest BCUT2D eigenvalue weighted by atomic mass is 35.5. The van der Waals surface area contributed by atoms with E-state index in [0.29, 0.717) is 24.3 Å². The Morgan fingerprint density at radius 1 is 1.21 bits per heavy atom. The Morgan fingerprint density at radius 2 is 1.89 bits per heavy atom. The van der Waals surface area contributed by atoms with Crippen molar-refractivity contribution < 1.29 is 9.59 Å². The summed E-state index contributed by atoms with van der Waals surface area (Å²) >= 11 is 0. The highest BCUT2D eigenvalue weighted by molar-refractivity contribution is 5.94. The van der Waals surface area contributed by atoms with Gasteiger partial charge in [-0.05, 0) is 24.6 Å². The summed E-state index contributed by atoms with van der Waals surface area (Å²) in [6.07, 6.45) is 0.702. The minimum Gasteiger partial charge on any atom is -0.330 e. The predicted molar refractivity (Wildman–Crippen MR) is 79.6 cm³/mol. The molecule has 5 nitrogen and oxygen atoms in total. The fraction of sp³-hybridized carbons (Fsp3) is 0.385. The van der Waals surface area contributed by atoms with E-state index in [4.69, 9.17) is 5.73 Å². The third kappa shape index (κ3) is 5.72. The summed E-state index contributed by atoms with van der Waals surface area (Å²) in [4.78, 5) is 22.8. The lowest BCUT2D eigenvalue weighted by atomic mass is 10.1. The van der Waals surface area contributed by atoms with E-state index < -0.39 is 0 Å². The van der Waals surface area contributed by atoms with E-state index in [1.54, 1.807) is 13.0 Å². The molecule has 0 aliphatic carbocycles. The number of benzene rings is 1. The van der Waals surface area contributed by atoms with Crippen LogP contribution in [-0.2, 0) is 9.59 Å². The van der Waals surface area contributed by atoms with Crippen LogP contribution in [0.2, 0.25) is 0 Å². The van der Waals surface area contributed by atoms with E-state index in [9.17, 15) is 9.59 Å². The maximum atomic E-state index is 11.5. The molecule has 1 aromatic carbocycles. The summed E-state index contributed by atoms with van der Waals surface area (Å²) in [5, 5.41) is 5.52. The van der Waals surface area contributed by atoms with Gasteiger partial charge in [0.15, 0.2) is 0 Å². The van der Waals surface area contributed by atoms with Gasteiger partial charge in [0, 0.05) is 30.8 Å². The Hall–Kier alpha value is -1.59. The minimum atomic E-state index is -0.125. The monoisotopic (exact) mass is 285 g/mol. The molecule has 0 aliphatic heterocycles. The first-order chi connectivity index (χ1) is 8.56. The van der Waals surface area contributed by atoms with Crippen molar-refractivity contribution in [2.45, 2.75) is 26.7 Å². The Labute approximate surface area is 119 Å². The zero-order valence-electron chi connectivity index (χ0n) is 11.2. The number of anilines is 2. The molecule has 4 N–H and O–H groups in total. The Kier molecular flexibility index (Phi) is 7.79. The minimum absolute atomic E-state index is 0. The average molecular weight is 286 g/mol. The van der Waals surface area contributed by atoms with E-state index >= 15 is 0 Å². The molecule has 0 heterocycles. The van der Waals surface area contributed by atoms with Gasteiger partial charge < -0.3 is 16.4 Å². The Bertz CT molecular complexity index is 450. The molecular weight excluding hydrogens is 266 g/mol. The van der Waals surface area contributed by atoms with Gasteiger partial charge in [0.05, 0.1) is 0 Å². The van der Waals surface area contributed by atoms with Gasteiger partial charge in [-0.1, -0.05) is 13.0 Å². The highest BCUT2D eigenvalue weighted by Gasteiger charge is 2.06. The molecule has 6 heteroatoms. The van der Waals surface area contributed by atoms with E-state index in [-0.39, 0.29) is 30.6 Å². The molecule has 19 heavy (non-hydrogen) atoms. The van der Waals surface area contributed by atoms with Gasteiger partial charge in [0.25, 0.3) is 0 Å². The van der Waals surface area contributed by atoms with Gasteiger partial charge >= 0.3 is 0 Å². The third-order valence-corrected chi connectivity index (χ3v) is 2.49. The van der Waals surface area contributed by atoms with Crippen LogP contribution in [0.5, 0.6) is 0 Å². The lowest BCUT2D eigenvalue weighted by Crippen LogP contribution is -2.17. The van der Waals surface area contributed by atoms with Crippen molar-refractivity contribution >= 4 is 35.6 Å². The number of halogens is 1. The molecule has 0 saturated heterocycles. The van der Waals surface area contributed by atoms with Crippen LogP contribution in [0.15, 0.2) is 18.2 Å². The van der Waals surface area contributed by atoms with E-state index in [1.807, 2.05) is 19.1 Å². The molecule has 0 aliphatic rings. The zero-order chi connectivity index (χ0) is 13.5. The maximum Gasteiger partial charge on any atom is 0.225 e. The van der Waals surface area contributed by atoms with Crippen LogP contribution in [0.4, 0.5) is 11.4 Å². The van der Waals surface area contributed by atoms with Crippen LogP contribution >= 0.6 is 12.4 Å². The molecule has 0 bridgehead atoms. The number of hydrogen-bond donors (Lipinski definition) is 3.